The SMILES string of the molecule is CCNC(=O)Nc1cc(Cl)c(O)c(Cl)c1. The molecule has 1 aromatic rings. The molecule has 0 saturated carbocycles. The molecule has 2 amide bonds. The van der Waals surface area contributed by atoms with E-state index in [1.165, 1.54) is 12.1 Å². The van der Waals surface area contributed by atoms with Crippen LogP contribution in [0.5, 0.6) is 5.75 Å². The largest absolute Gasteiger partial charge is 0.505 e. The van der Waals surface area contributed by atoms with Crippen molar-refractivity contribution in [3.05, 3.63) is 22.2 Å². The Hall–Kier alpha value is -1.13. The van der Waals surface area contributed by atoms with Crippen LogP contribution in [0.2, 0.25) is 10.0 Å². The zero-order chi connectivity index (χ0) is 11.4. The molecule has 0 atom stereocenters. The van der Waals surface area contributed by atoms with Crippen molar-refractivity contribution in [3.63, 3.8) is 0 Å². The molecular formula is C9H10Cl2N2O2. The Morgan fingerprint density at radius 2 is 1.93 bits per heavy atom. The van der Waals surface area contributed by atoms with E-state index in [1.54, 1.807) is 6.92 Å². The van der Waals surface area contributed by atoms with Crippen molar-refractivity contribution in [1.29, 1.82) is 0 Å². The Morgan fingerprint density at radius 1 is 1.40 bits per heavy atom. The molecule has 0 spiro atoms. The number of carbonyl (C=O) groups excluding carboxylic acids is 1. The summed E-state index contributed by atoms with van der Waals surface area (Å²) in [6, 6.07) is 2.48. The summed E-state index contributed by atoms with van der Waals surface area (Å²) in [5, 5.41) is 14.5. The second-order valence-corrected chi connectivity index (χ2v) is 3.59. The van der Waals surface area contributed by atoms with Crippen LogP contribution in [0.1, 0.15) is 6.92 Å². The number of hydrogen-bond acceptors (Lipinski definition) is 2. The van der Waals surface area contributed by atoms with Gasteiger partial charge in [0.05, 0.1) is 10.0 Å². The Bertz CT molecular complexity index is 359. The molecule has 6 heteroatoms. The highest BCUT2D eigenvalue weighted by atomic mass is 35.5. The van der Waals surface area contributed by atoms with E-state index in [0.717, 1.165) is 0 Å². The third-order valence-electron chi connectivity index (χ3n) is 1.61. The molecule has 0 aliphatic heterocycles. The van der Waals surface area contributed by atoms with E-state index in [-0.39, 0.29) is 21.8 Å². The van der Waals surface area contributed by atoms with E-state index in [9.17, 15) is 9.90 Å². The quantitative estimate of drug-likeness (QED) is 0.705. The van der Waals surface area contributed by atoms with Crippen LogP contribution in [0.25, 0.3) is 0 Å². The molecule has 82 valence electrons. The minimum Gasteiger partial charge on any atom is -0.505 e. The first-order valence-corrected chi connectivity index (χ1v) is 5.03. The number of nitrogens with one attached hydrogen (secondary N) is 2. The Balaban J connectivity index is 2.83. The van der Waals surface area contributed by atoms with Crippen molar-refractivity contribution in [3.8, 4) is 5.75 Å². The van der Waals surface area contributed by atoms with Gasteiger partial charge in [-0.3, -0.25) is 0 Å². The van der Waals surface area contributed by atoms with Gasteiger partial charge in [0.25, 0.3) is 0 Å². The number of carbonyl (C=O) groups is 1. The highest BCUT2D eigenvalue weighted by Gasteiger charge is 2.08. The predicted octanol–water partition coefficient (Wildman–Crippen LogP) is 2.84. The maximum Gasteiger partial charge on any atom is 0.319 e. The molecule has 0 aliphatic carbocycles. The molecule has 4 nitrogen and oxygen atoms in total. The van der Waals surface area contributed by atoms with Gasteiger partial charge < -0.3 is 15.7 Å². The fourth-order valence-electron chi connectivity index (χ4n) is 0.974. The number of rotatable bonds is 2. The maximum atomic E-state index is 11.1. The lowest BCUT2D eigenvalue weighted by Crippen LogP contribution is -2.28. The smallest absolute Gasteiger partial charge is 0.319 e. The van der Waals surface area contributed by atoms with E-state index < -0.39 is 0 Å². The van der Waals surface area contributed by atoms with E-state index in [1.807, 2.05) is 0 Å². The molecule has 15 heavy (non-hydrogen) atoms. The highest BCUT2D eigenvalue weighted by molar-refractivity contribution is 6.37. The fraction of sp³-hybridized carbons (Fsp3) is 0.222. The van der Waals surface area contributed by atoms with Crippen LogP contribution in [0.4, 0.5) is 10.5 Å². The first kappa shape index (κ1) is 11.9. The van der Waals surface area contributed by atoms with Crippen LogP contribution >= 0.6 is 23.2 Å². The molecular weight excluding hydrogens is 239 g/mol. The molecule has 3 N–H and O–H groups in total. The molecule has 0 saturated heterocycles. The van der Waals surface area contributed by atoms with Gasteiger partial charge in [-0.2, -0.15) is 0 Å². The number of urea groups is 1. The lowest BCUT2D eigenvalue weighted by atomic mass is 10.3. The van der Waals surface area contributed by atoms with Crippen LogP contribution in [0.3, 0.4) is 0 Å². The maximum absolute atomic E-state index is 11.1. The number of anilines is 1. The second-order valence-electron chi connectivity index (χ2n) is 2.77. The van der Waals surface area contributed by atoms with Crippen LogP contribution in [-0.2, 0) is 0 Å². The average Bonchev–Trinajstić information content (AvgIpc) is 2.14. The summed E-state index contributed by atoms with van der Waals surface area (Å²) in [7, 11) is 0. The van der Waals surface area contributed by atoms with E-state index >= 15 is 0 Å². The van der Waals surface area contributed by atoms with Gasteiger partial charge in [-0.05, 0) is 19.1 Å². The molecule has 0 aliphatic rings. The lowest BCUT2D eigenvalue weighted by molar-refractivity contribution is 0.252. The number of halogens is 2. The predicted molar refractivity (Wildman–Crippen MR) is 60.8 cm³/mol. The van der Waals surface area contributed by atoms with Crippen LogP contribution in [0.15, 0.2) is 12.1 Å². The molecule has 0 heterocycles. The van der Waals surface area contributed by atoms with Crippen LogP contribution in [0, 0.1) is 0 Å². The van der Waals surface area contributed by atoms with Crippen molar-refractivity contribution >= 4 is 34.9 Å². The normalized spacial score (nSPS) is 9.80. The van der Waals surface area contributed by atoms with Crippen molar-refractivity contribution in [2.75, 3.05) is 11.9 Å². The van der Waals surface area contributed by atoms with Crippen molar-refractivity contribution in [1.82, 2.24) is 5.32 Å². The number of benzene rings is 1. The fourth-order valence-corrected chi connectivity index (χ4v) is 1.46. The summed E-state index contributed by atoms with van der Waals surface area (Å²) in [4.78, 5) is 11.1. The number of aromatic hydroxyl groups is 1. The topological polar surface area (TPSA) is 61.4 Å². The van der Waals surface area contributed by atoms with Crippen molar-refractivity contribution in [2.24, 2.45) is 0 Å². The first-order chi connectivity index (χ1) is 7.04. The lowest BCUT2D eigenvalue weighted by Gasteiger charge is -2.07. The van der Waals surface area contributed by atoms with Crippen molar-refractivity contribution < 1.29 is 9.90 Å². The summed E-state index contributed by atoms with van der Waals surface area (Å²) in [5.74, 6) is -0.195. The average molecular weight is 249 g/mol. The van der Waals surface area contributed by atoms with Crippen LogP contribution in [-0.4, -0.2) is 17.7 Å². The van der Waals surface area contributed by atoms with Gasteiger partial charge in [0.2, 0.25) is 0 Å². The van der Waals surface area contributed by atoms with Gasteiger partial charge in [0.15, 0.2) is 5.75 Å². The van der Waals surface area contributed by atoms with Gasteiger partial charge in [-0.15, -0.1) is 0 Å². The summed E-state index contributed by atoms with van der Waals surface area (Å²) in [6.07, 6.45) is 0. The Kier molecular flexibility index (Phi) is 4.05. The van der Waals surface area contributed by atoms with E-state index in [4.69, 9.17) is 23.2 Å². The van der Waals surface area contributed by atoms with E-state index in [2.05, 4.69) is 10.6 Å². The number of phenolic OH excluding ortho intramolecular Hbond substituents is 1. The van der Waals surface area contributed by atoms with Gasteiger partial charge in [-0.25, -0.2) is 4.79 Å². The first-order valence-electron chi connectivity index (χ1n) is 4.27. The van der Waals surface area contributed by atoms with Crippen LogP contribution < -0.4 is 10.6 Å². The molecule has 0 aromatic heterocycles. The Labute approximate surface area is 97.2 Å². The minimum atomic E-state index is -0.352. The molecule has 0 fully saturated rings. The zero-order valence-electron chi connectivity index (χ0n) is 7.97. The van der Waals surface area contributed by atoms with Gasteiger partial charge in [-0.1, -0.05) is 23.2 Å². The van der Waals surface area contributed by atoms with Gasteiger partial charge in [0.1, 0.15) is 0 Å². The second kappa shape index (κ2) is 5.09. The standard InChI is InChI=1S/C9H10Cl2N2O2/c1-2-12-9(15)13-5-3-6(10)8(14)7(11)4-5/h3-4,14H,2H2,1H3,(H2,12,13,15). The third-order valence-corrected chi connectivity index (χ3v) is 2.19. The monoisotopic (exact) mass is 248 g/mol. The number of hydrogen-bond donors (Lipinski definition) is 3. The molecule has 0 unspecified atom stereocenters. The zero-order valence-corrected chi connectivity index (χ0v) is 9.49. The summed E-state index contributed by atoms with van der Waals surface area (Å²) >= 11 is 11.3. The summed E-state index contributed by atoms with van der Waals surface area (Å²) < 4.78 is 0. The number of amides is 2. The molecule has 0 radical (unpaired) electrons. The van der Waals surface area contributed by atoms with Crippen molar-refractivity contribution in [2.45, 2.75) is 6.92 Å². The molecule has 1 aromatic carbocycles. The summed E-state index contributed by atoms with van der Waals surface area (Å²) in [6.45, 7) is 2.32. The highest BCUT2D eigenvalue weighted by Crippen LogP contribution is 2.34. The molecule has 0 bridgehead atoms. The van der Waals surface area contributed by atoms with E-state index in [0.29, 0.717) is 12.2 Å². The minimum absolute atomic E-state index is 0.0919. The Morgan fingerprint density at radius 3 is 2.40 bits per heavy atom. The number of phenols is 1. The third kappa shape index (κ3) is 3.18. The van der Waals surface area contributed by atoms with Gasteiger partial charge in [0, 0.05) is 12.2 Å². The molecule has 1 rings (SSSR count). The van der Waals surface area contributed by atoms with Gasteiger partial charge >= 0.3 is 6.03 Å². The summed E-state index contributed by atoms with van der Waals surface area (Å²) in [5.41, 5.74) is 0.425.